The van der Waals surface area contributed by atoms with Crippen LogP contribution in [0.5, 0.6) is 0 Å². The van der Waals surface area contributed by atoms with Crippen molar-refractivity contribution in [1.82, 2.24) is 9.55 Å². The normalized spacial score (nSPS) is 17.8. The molecule has 24 heavy (non-hydrogen) atoms. The first kappa shape index (κ1) is 14.9. The average molecular weight is 323 g/mol. The molecule has 0 spiro atoms. The Labute approximate surface area is 139 Å². The zero-order valence-electron chi connectivity index (χ0n) is 13.4. The molecule has 0 bridgehead atoms. The minimum Gasteiger partial charge on any atom is -0.328 e. The lowest BCUT2D eigenvalue weighted by molar-refractivity contribution is -0.117. The van der Waals surface area contributed by atoms with Crippen LogP contribution in [-0.2, 0) is 11.3 Å². The van der Waals surface area contributed by atoms with E-state index < -0.39 is 0 Å². The van der Waals surface area contributed by atoms with E-state index in [-0.39, 0.29) is 17.6 Å². The van der Waals surface area contributed by atoms with Crippen molar-refractivity contribution >= 4 is 22.6 Å². The second-order valence-corrected chi connectivity index (χ2v) is 6.08. The minimum absolute atomic E-state index is 0.0508. The Morgan fingerprint density at radius 1 is 1.17 bits per heavy atom. The summed E-state index contributed by atoms with van der Waals surface area (Å²) in [5.41, 5.74) is 2.80. The summed E-state index contributed by atoms with van der Waals surface area (Å²) in [6.07, 6.45) is 0.431. The molecule has 2 aromatic carbocycles. The molecule has 3 aromatic rings. The van der Waals surface area contributed by atoms with Crippen molar-refractivity contribution in [2.24, 2.45) is 0 Å². The molecule has 0 aliphatic carbocycles. The maximum Gasteiger partial charge on any atom is 0.227 e. The molecule has 5 heteroatoms. The molecular formula is C19H18FN3O. The molecule has 0 radical (unpaired) electrons. The Hall–Kier alpha value is -2.69. The van der Waals surface area contributed by atoms with Crippen molar-refractivity contribution < 1.29 is 9.18 Å². The largest absolute Gasteiger partial charge is 0.328 e. The molecule has 4 rings (SSSR count). The van der Waals surface area contributed by atoms with E-state index >= 15 is 0 Å². The highest BCUT2D eigenvalue weighted by Gasteiger charge is 2.34. The molecule has 1 atom stereocenters. The van der Waals surface area contributed by atoms with Crippen molar-refractivity contribution in [3.05, 3.63) is 60.2 Å². The van der Waals surface area contributed by atoms with Crippen LogP contribution in [0.15, 0.2) is 48.5 Å². The Morgan fingerprint density at radius 2 is 1.92 bits per heavy atom. The third-order valence-corrected chi connectivity index (χ3v) is 4.63. The molecule has 0 N–H and O–H groups in total. The fraction of sp³-hybridized carbons (Fsp3) is 0.263. The van der Waals surface area contributed by atoms with E-state index in [0.717, 1.165) is 29.1 Å². The van der Waals surface area contributed by atoms with Gasteiger partial charge in [0.1, 0.15) is 11.6 Å². The molecular weight excluding hydrogens is 305 g/mol. The maximum absolute atomic E-state index is 13.1. The summed E-state index contributed by atoms with van der Waals surface area (Å²) < 4.78 is 15.3. The number of halogens is 1. The number of imidazole rings is 1. The van der Waals surface area contributed by atoms with E-state index in [4.69, 9.17) is 4.98 Å². The fourth-order valence-corrected chi connectivity index (χ4v) is 3.49. The summed E-state index contributed by atoms with van der Waals surface area (Å²) >= 11 is 0. The van der Waals surface area contributed by atoms with Gasteiger partial charge in [0, 0.05) is 31.1 Å². The Kier molecular flexibility index (Phi) is 3.56. The number of carbonyl (C=O) groups excluding carboxylic acids is 1. The molecule has 0 saturated carbocycles. The molecule has 1 aliphatic rings. The highest BCUT2D eigenvalue weighted by atomic mass is 19.1. The zero-order valence-corrected chi connectivity index (χ0v) is 13.4. The van der Waals surface area contributed by atoms with Gasteiger partial charge in [0.2, 0.25) is 5.91 Å². The first-order valence-corrected chi connectivity index (χ1v) is 8.18. The first-order valence-electron chi connectivity index (χ1n) is 8.18. The molecule has 2 heterocycles. The van der Waals surface area contributed by atoms with Crippen LogP contribution in [0.3, 0.4) is 0 Å². The second-order valence-electron chi connectivity index (χ2n) is 6.08. The third-order valence-electron chi connectivity index (χ3n) is 4.63. The number of aryl methyl sites for hydroxylation is 1. The summed E-state index contributed by atoms with van der Waals surface area (Å²) in [7, 11) is 0. The number of nitrogens with zero attached hydrogens (tertiary/aromatic N) is 3. The Bertz CT molecular complexity index is 901. The fourth-order valence-electron chi connectivity index (χ4n) is 3.49. The van der Waals surface area contributed by atoms with Crippen LogP contribution in [0.4, 0.5) is 10.1 Å². The van der Waals surface area contributed by atoms with Crippen molar-refractivity contribution in [1.29, 1.82) is 0 Å². The molecule has 122 valence electrons. The topological polar surface area (TPSA) is 38.1 Å². The third kappa shape index (κ3) is 2.37. The molecule has 1 aromatic heterocycles. The van der Waals surface area contributed by atoms with E-state index in [0.29, 0.717) is 13.0 Å². The first-order chi connectivity index (χ1) is 11.7. The SMILES string of the molecule is CCn1c([C@H]2CC(=O)N(c3ccc(F)cc3)C2)nc2ccccc21. The summed E-state index contributed by atoms with van der Waals surface area (Å²) in [5, 5.41) is 0. The van der Waals surface area contributed by atoms with Crippen LogP contribution in [0.2, 0.25) is 0 Å². The van der Waals surface area contributed by atoms with E-state index in [2.05, 4.69) is 17.6 Å². The van der Waals surface area contributed by atoms with Crippen LogP contribution in [-0.4, -0.2) is 22.0 Å². The quantitative estimate of drug-likeness (QED) is 0.737. The minimum atomic E-state index is -0.297. The van der Waals surface area contributed by atoms with E-state index in [1.165, 1.54) is 12.1 Å². The summed E-state index contributed by atoms with van der Waals surface area (Å²) in [6, 6.07) is 14.1. The van der Waals surface area contributed by atoms with Gasteiger partial charge in [0.15, 0.2) is 0 Å². The standard InChI is InChI=1S/C19H18FN3O/c1-2-22-17-6-4-3-5-16(17)21-19(22)13-11-18(24)23(12-13)15-9-7-14(20)8-10-15/h3-10,13H,2,11-12H2,1H3/t13-/m0/s1. The highest BCUT2D eigenvalue weighted by Crippen LogP contribution is 2.33. The van der Waals surface area contributed by atoms with E-state index in [1.807, 2.05) is 18.2 Å². The van der Waals surface area contributed by atoms with Gasteiger partial charge in [0.25, 0.3) is 0 Å². The number of carbonyl (C=O) groups is 1. The number of anilines is 1. The molecule has 1 amide bonds. The van der Waals surface area contributed by atoms with Crippen LogP contribution in [0, 0.1) is 5.82 Å². The molecule has 0 unspecified atom stereocenters. The van der Waals surface area contributed by atoms with Crippen molar-refractivity contribution in [3.63, 3.8) is 0 Å². The zero-order chi connectivity index (χ0) is 16.7. The summed E-state index contributed by atoms with van der Waals surface area (Å²) in [6.45, 7) is 3.48. The summed E-state index contributed by atoms with van der Waals surface area (Å²) in [4.78, 5) is 18.9. The second kappa shape index (κ2) is 5.74. The van der Waals surface area contributed by atoms with Gasteiger partial charge in [-0.1, -0.05) is 12.1 Å². The monoisotopic (exact) mass is 323 g/mol. The highest BCUT2D eigenvalue weighted by molar-refractivity contribution is 5.96. The lowest BCUT2D eigenvalue weighted by atomic mass is 10.1. The van der Waals surface area contributed by atoms with Gasteiger partial charge < -0.3 is 9.47 Å². The average Bonchev–Trinajstić information content (AvgIpc) is 3.16. The molecule has 1 aliphatic heterocycles. The van der Waals surface area contributed by atoms with Gasteiger partial charge in [-0.15, -0.1) is 0 Å². The van der Waals surface area contributed by atoms with Crippen molar-refractivity contribution in [2.75, 3.05) is 11.4 Å². The molecule has 1 fully saturated rings. The van der Waals surface area contributed by atoms with E-state index in [1.54, 1.807) is 17.0 Å². The molecule has 4 nitrogen and oxygen atoms in total. The van der Waals surface area contributed by atoms with E-state index in [9.17, 15) is 9.18 Å². The van der Waals surface area contributed by atoms with Crippen molar-refractivity contribution in [2.45, 2.75) is 25.8 Å². The summed E-state index contributed by atoms with van der Waals surface area (Å²) in [5.74, 6) is 0.766. The van der Waals surface area contributed by atoms with Gasteiger partial charge in [-0.2, -0.15) is 0 Å². The van der Waals surface area contributed by atoms with Gasteiger partial charge in [-0.25, -0.2) is 9.37 Å². The Balaban J connectivity index is 1.69. The predicted molar refractivity (Wildman–Crippen MR) is 91.5 cm³/mol. The van der Waals surface area contributed by atoms with Crippen molar-refractivity contribution in [3.8, 4) is 0 Å². The van der Waals surface area contributed by atoms with Crippen LogP contribution < -0.4 is 4.90 Å². The van der Waals surface area contributed by atoms with Crippen LogP contribution >= 0.6 is 0 Å². The maximum atomic E-state index is 13.1. The Morgan fingerprint density at radius 3 is 2.67 bits per heavy atom. The predicted octanol–water partition coefficient (Wildman–Crippen LogP) is 3.72. The molecule has 1 saturated heterocycles. The van der Waals surface area contributed by atoms with Gasteiger partial charge in [-0.05, 0) is 43.3 Å². The smallest absolute Gasteiger partial charge is 0.227 e. The number of amides is 1. The number of para-hydroxylation sites is 2. The number of rotatable bonds is 3. The van der Waals surface area contributed by atoms with Gasteiger partial charge in [0.05, 0.1) is 11.0 Å². The number of fused-ring (bicyclic) bond motifs is 1. The van der Waals surface area contributed by atoms with Crippen LogP contribution in [0.1, 0.15) is 25.1 Å². The lowest BCUT2D eigenvalue weighted by Gasteiger charge is -2.17. The van der Waals surface area contributed by atoms with Gasteiger partial charge in [-0.3, -0.25) is 4.79 Å². The number of benzene rings is 2. The number of aromatic nitrogens is 2. The number of hydrogen-bond acceptors (Lipinski definition) is 2. The van der Waals surface area contributed by atoms with Gasteiger partial charge >= 0.3 is 0 Å². The lowest BCUT2D eigenvalue weighted by Crippen LogP contribution is -2.24. The number of hydrogen-bond donors (Lipinski definition) is 0. The van der Waals surface area contributed by atoms with Crippen LogP contribution in [0.25, 0.3) is 11.0 Å².